The van der Waals surface area contributed by atoms with Crippen LogP contribution in [0, 0.1) is 12.3 Å². The summed E-state index contributed by atoms with van der Waals surface area (Å²) in [5.74, 6) is -0.369. The minimum atomic E-state index is -0.687. The molecule has 0 amide bonds. The summed E-state index contributed by atoms with van der Waals surface area (Å²) in [7, 11) is 0. The van der Waals surface area contributed by atoms with E-state index in [-0.39, 0.29) is 18.4 Å². The van der Waals surface area contributed by atoms with E-state index >= 15 is 0 Å². The van der Waals surface area contributed by atoms with Gasteiger partial charge in [0.15, 0.2) is 6.04 Å². The van der Waals surface area contributed by atoms with E-state index in [1.54, 1.807) is 31.2 Å². The third-order valence-electron chi connectivity index (χ3n) is 4.68. The molecule has 0 bridgehead atoms. The SMILES string of the molecule is CCOC(=O)C(Nc1ccc(C(=N)N)cc1)c1cc(C)cc(-c2cccc(N)c2)c1. The molecule has 0 saturated heterocycles. The number of nitrogens with one attached hydrogen (secondary N) is 2. The average molecular weight is 402 g/mol. The van der Waals surface area contributed by atoms with Gasteiger partial charge in [-0.25, -0.2) is 4.79 Å². The number of anilines is 2. The number of carbonyl (C=O) groups excluding carboxylic acids is 1. The Kier molecular flexibility index (Phi) is 6.37. The van der Waals surface area contributed by atoms with Gasteiger partial charge in [0.1, 0.15) is 5.84 Å². The van der Waals surface area contributed by atoms with Crippen LogP contribution in [0.2, 0.25) is 0 Å². The molecule has 3 aromatic rings. The first-order chi connectivity index (χ1) is 14.4. The van der Waals surface area contributed by atoms with Crippen LogP contribution in [0.25, 0.3) is 11.1 Å². The maximum Gasteiger partial charge on any atom is 0.333 e. The summed E-state index contributed by atoms with van der Waals surface area (Å²) < 4.78 is 5.32. The molecule has 0 aliphatic carbocycles. The number of rotatable bonds is 7. The minimum absolute atomic E-state index is 0.00560. The lowest BCUT2D eigenvalue weighted by atomic mass is 9.96. The second kappa shape index (κ2) is 9.13. The van der Waals surface area contributed by atoms with Gasteiger partial charge in [0, 0.05) is 16.9 Å². The Morgan fingerprint density at radius 3 is 2.43 bits per heavy atom. The molecule has 6 N–H and O–H groups in total. The third-order valence-corrected chi connectivity index (χ3v) is 4.68. The predicted molar refractivity (Wildman–Crippen MR) is 121 cm³/mol. The van der Waals surface area contributed by atoms with E-state index in [1.807, 2.05) is 43.3 Å². The fraction of sp³-hybridized carbons (Fsp3) is 0.167. The van der Waals surface area contributed by atoms with E-state index in [0.29, 0.717) is 11.3 Å². The molecular weight excluding hydrogens is 376 g/mol. The van der Waals surface area contributed by atoms with Crippen LogP contribution < -0.4 is 16.8 Å². The standard InChI is InChI=1S/C24H26N4O2/c1-3-30-24(29)22(28-21-9-7-16(8-10-21)23(26)27)19-12-15(2)11-18(13-19)17-5-4-6-20(25)14-17/h4-14,22,28H,3,25H2,1-2H3,(H3,26,27). The second-order valence-electron chi connectivity index (χ2n) is 7.08. The van der Waals surface area contributed by atoms with Crippen molar-refractivity contribution in [1.29, 1.82) is 5.41 Å². The molecule has 1 atom stereocenters. The zero-order chi connectivity index (χ0) is 21.7. The van der Waals surface area contributed by atoms with E-state index in [0.717, 1.165) is 27.9 Å². The van der Waals surface area contributed by atoms with Crippen LogP contribution in [0.15, 0.2) is 66.7 Å². The Hall–Kier alpha value is -3.80. The molecule has 0 aromatic heterocycles. The summed E-state index contributed by atoms with van der Waals surface area (Å²) in [6, 6.07) is 20.0. The van der Waals surface area contributed by atoms with Gasteiger partial charge >= 0.3 is 5.97 Å². The number of esters is 1. The quantitative estimate of drug-likeness (QED) is 0.204. The number of nitrogens with two attached hydrogens (primary N) is 2. The Balaban J connectivity index is 1.99. The number of hydrogen-bond donors (Lipinski definition) is 4. The average Bonchev–Trinajstić information content (AvgIpc) is 2.72. The van der Waals surface area contributed by atoms with Gasteiger partial charge in [-0.05, 0) is 73.0 Å². The molecule has 3 rings (SSSR count). The first-order valence-corrected chi connectivity index (χ1v) is 9.72. The van der Waals surface area contributed by atoms with Crippen LogP contribution in [-0.4, -0.2) is 18.4 Å². The molecule has 0 aliphatic heterocycles. The van der Waals surface area contributed by atoms with Gasteiger partial charge in [-0.2, -0.15) is 0 Å². The zero-order valence-corrected chi connectivity index (χ0v) is 17.1. The first-order valence-electron chi connectivity index (χ1n) is 9.72. The van der Waals surface area contributed by atoms with Crippen molar-refractivity contribution < 1.29 is 9.53 Å². The third kappa shape index (κ3) is 4.97. The van der Waals surface area contributed by atoms with Crippen LogP contribution in [0.5, 0.6) is 0 Å². The van der Waals surface area contributed by atoms with Crippen LogP contribution in [0.1, 0.15) is 29.7 Å². The summed E-state index contributed by atoms with van der Waals surface area (Å²) in [6.07, 6.45) is 0. The highest BCUT2D eigenvalue weighted by Crippen LogP contribution is 2.29. The van der Waals surface area contributed by atoms with E-state index in [4.69, 9.17) is 21.6 Å². The molecule has 6 nitrogen and oxygen atoms in total. The van der Waals surface area contributed by atoms with Crippen LogP contribution in [0.3, 0.4) is 0 Å². The van der Waals surface area contributed by atoms with Gasteiger partial charge < -0.3 is 21.5 Å². The number of benzene rings is 3. The van der Waals surface area contributed by atoms with Crippen LogP contribution in [-0.2, 0) is 9.53 Å². The lowest BCUT2D eigenvalue weighted by Gasteiger charge is -2.20. The monoisotopic (exact) mass is 402 g/mol. The molecule has 0 fully saturated rings. The van der Waals surface area contributed by atoms with E-state index in [9.17, 15) is 4.79 Å². The Labute approximate surface area is 176 Å². The van der Waals surface area contributed by atoms with Gasteiger partial charge in [-0.15, -0.1) is 0 Å². The van der Waals surface area contributed by atoms with Gasteiger partial charge in [0.05, 0.1) is 6.61 Å². The molecule has 0 radical (unpaired) electrons. The summed E-state index contributed by atoms with van der Waals surface area (Å²) in [6.45, 7) is 4.06. The Bertz CT molecular complexity index is 1060. The van der Waals surface area contributed by atoms with Gasteiger partial charge in [0.25, 0.3) is 0 Å². The van der Waals surface area contributed by atoms with Gasteiger partial charge in [0.2, 0.25) is 0 Å². The number of carbonyl (C=O) groups is 1. The van der Waals surface area contributed by atoms with E-state index < -0.39 is 6.04 Å². The van der Waals surface area contributed by atoms with Crippen LogP contribution >= 0.6 is 0 Å². The predicted octanol–water partition coefficient (Wildman–Crippen LogP) is 4.24. The molecule has 0 spiro atoms. The van der Waals surface area contributed by atoms with Crippen molar-refractivity contribution in [2.24, 2.45) is 5.73 Å². The highest BCUT2D eigenvalue weighted by molar-refractivity contribution is 5.95. The molecule has 0 aliphatic rings. The molecule has 6 heteroatoms. The Morgan fingerprint density at radius 1 is 1.07 bits per heavy atom. The van der Waals surface area contributed by atoms with Crippen molar-refractivity contribution in [3.05, 3.63) is 83.4 Å². The minimum Gasteiger partial charge on any atom is -0.464 e. The lowest BCUT2D eigenvalue weighted by Crippen LogP contribution is -2.23. The first kappa shape index (κ1) is 20.9. The second-order valence-corrected chi connectivity index (χ2v) is 7.08. The van der Waals surface area contributed by atoms with Crippen molar-refractivity contribution in [3.8, 4) is 11.1 Å². The molecule has 154 valence electrons. The fourth-order valence-corrected chi connectivity index (χ4v) is 3.28. The molecule has 30 heavy (non-hydrogen) atoms. The molecule has 0 heterocycles. The summed E-state index contributed by atoms with van der Waals surface area (Å²) >= 11 is 0. The summed E-state index contributed by atoms with van der Waals surface area (Å²) in [5.41, 5.74) is 17.3. The lowest BCUT2D eigenvalue weighted by molar-refractivity contribution is -0.144. The highest BCUT2D eigenvalue weighted by atomic mass is 16.5. The normalized spacial score (nSPS) is 11.5. The van der Waals surface area contributed by atoms with Gasteiger partial charge in [-0.3, -0.25) is 5.41 Å². The fourth-order valence-electron chi connectivity index (χ4n) is 3.28. The summed E-state index contributed by atoms with van der Waals surface area (Å²) in [4.78, 5) is 12.8. The van der Waals surface area contributed by atoms with E-state index in [2.05, 4.69) is 11.4 Å². The molecule has 3 aromatic carbocycles. The van der Waals surface area contributed by atoms with Crippen molar-refractivity contribution in [3.63, 3.8) is 0 Å². The Morgan fingerprint density at radius 2 is 1.80 bits per heavy atom. The van der Waals surface area contributed by atoms with Crippen LogP contribution in [0.4, 0.5) is 11.4 Å². The zero-order valence-electron chi connectivity index (χ0n) is 17.1. The molecule has 1 unspecified atom stereocenters. The molecular formula is C24H26N4O2. The maximum absolute atomic E-state index is 12.8. The highest BCUT2D eigenvalue weighted by Gasteiger charge is 2.23. The molecule has 0 saturated carbocycles. The maximum atomic E-state index is 12.8. The smallest absolute Gasteiger partial charge is 0.333 e. The van der Waals surface area contributed by atoms with Crippen molar-refractivity contribution >= 4 is 23.2 Å². The number of hydrogen-bond acceptors (Lipinski definition) is 5. The summed E-state index contributed by atoms with van der Waals surface area (Å²) in [5, 5.41) is 10.8. The largest absolute Gasteiger partial charge is 0.464 e. The van der Waals surface area contributed by atoms with Gasteiger partial charge in [-0.1, -0.05) is 29.8 Å². The number of ether oxygens (including phenoxy) is 1. The number of amidine groups is 1. The topological polar surface area (TPSA) is 114 Å². The number of aryl methyl sites for hydroxylation is 1. The van der Waals surface area contributed by atoms with Crippen molar-refractivity contribution in [2.75, 3.05) is 17.7 Å². The van der Waals surface area contributed by atoms with Crippen molar-refractivity contribution in [1.82, 2.24) is 0 Å². The number of nitrogen functional groups attached to an aromatic ring is 2. The van der Waals surface area contributed by atoms with E-state index in [1.165, 1.54) is 0 Å². The van der Waals surface area contributed by atoms with Crippen molar-refractivity contribution in [2.45, 2.75) is 19.9 Å².